The van der Waals surface area contributed by atoms with Gasteiger partial charge in [0.05, 0.1) is 6.10 Å². The van der Waals surface area contributed by atoms with Crippen molar-refractivity contribution in [3.63, 3.8) is 0 Å². The van der Waals surface area contributed by atoms with Crippen molar-refractivity contribution in [3.8, 4) is 0 Å². The molecule has 2 aliphatic heterocycles. The van der Waals surface area contributed by atoms with E-state index in [9.17, 15) is 0 Å². The zero-order valence-electron chi connectivity index (χ0n) is 13.9. The van der Waals surface area contributed by atoms with Gasteiger partial charge in [0.25, 0.3) is 0 Å². The van der Waals surface area contributed by atoms with Crippen LogP contribution in [0.4, 0.5) is 11.8 Å². The van der Waals surface area contributed by atoms with Crippen LogP contribution in [0.15, 0.2) is 6.07 Å². The predicted molar refractivity (Wildman–Crippen MR) is 89.7 cm³/mol. The summed E-state index contributed by atoms with van der Waals surface area (Å²) >= 11 is 0. The first-order chi connectivity index (χ1) is 10.7. The van der Waals surface area contributed by atoms with Crippen LogP contribution in [0.25, 0.3) is 0 Å². The summed E-state index contributed by atoms with van der Waals surface area (Å²) in [7, 11) is 2.12. The van der Waals surface area contributed by atoms with E-state index in [0.717, 1.165) is 50.1 Å². The smallest absolute Gasteiger partial charge is 0.227 e. The van der Waals surface area contributed by atoms with Crippen LogP contribution < -0.4 is 9.80 Å². The molecule has 0 radical (unpaired) electrons. The lowest BCUT2D eigenvalue weighted by molar-refractivity contribution is 0.0126. The Balaban J connectivity index is 1.62. The van der Waals surface area contributed by atoms with Crippen LogP contribution in [-0.2, 0) is 4.74 Å². The average molecular weight is 304 g/mol. The Morgan fingerprint density at radius 2 is 2.05 bits per heavy atom. The fraction of sp³-hybridized carbons (Fsp3) is 0.765. The number of rotatable bonds is 5. The van der Waals surface area contributed by atoms with Gasteiger partial charge in [-0.05, 0) is 45.4 Å². The molecule has 0 spiro atoms. The van der Waals surface area contributed by atoms with Gasteiger partial charge in [-0.3, -0.25) is 0 Å². The molecule has 0 amide bonds. The van der Waals surface area contributed by atoms with Crippen molar-refractivity contribution >= 4 is 11.8 Å². The van der Waals surface area contributed by atoms with Crippen molar-refractivity contribution in [1.29, 1.82) is 0 Å². The number of ether oxygens (including phenoxy) is 1. The highest BCUT2D eigenvalue weighted by atomic mass is 16.5. The summed E-state index contributed by atoms with van der Waals surface area (Å²) in [5.74, 6) is 1.93. The maximum atomic E-state index is 5.83. The summed E-state index contributed by atoms with van der Waals surface area (Å²) in [6, 6.07) is 2.08. The molecule has 0 aromatic carbocycles. The summed E-state index contributed by atoms with van der Waals surface area (Å²) in [5.41, 5.74) is 1.05. The molecule has 5 heteroatoms. The van der Waals surface area contributed by atoms with Crippen molar-refractivity contribution in [2.24, 2.45) is 0 Å². The summed E-state index contributed by atoms with van der Waals surface area (Å²) in [6.45, 7) is 6.15. The molecule has 1 aromatic rings. The van der Waals surface area contributed by atoms with Crippen LogP contribution in [0.2, 0.25) is 0 Å². The molecule has 0 bridgehead atoms. The second-order valence-electron chi connectivity index (χ2n) is 6.56. The largest absolute Gasteiger partial charge is 0.378 e. The highest BCUT2D eigenvalue weighted by molar-refractivity contribution is 5.45. The number of nitrogens with zero attached hydrogens (tertiary/aromatic N) is 4. The third-order valence-electron chi connectivity index (χ3n) is 4.67. The second kappa shape index (κ2) is 7.27. The number of anilines is 2. The third kappa shape index (κ3) is 3.88. The first-order valence-corrected chi connectivity index (χ1v) is 8.66. The molecule has 1 aromatic heterocycles. The van der Waals surface area contributed by atoms with Crippen LogP contribution in [-0.4, -0.2) is 49.4 Å². The summed E-state index contributed by atoms with van der Waals surface area (Å²) in [5, 5.41) is 0. The van der Waals surface area contributed by atoms with Gasteiger partial charge in [0.15, 0.2) is 0 Å². The molecule has 3 heterocycles. The van der Waals surface area contributed by atoms with Crippen LogP contribution in [0.3, 0.4) is 0 Å². The number of aryl methyl sites for hydroxylation is 1. The van der Waals surface area contributed by atoms with E-state index in [4.69, 9.17) is 9.72 Å². The molecule has 0 N–H and O–H groups in total. The van der Waals surface area contributed by atoms with E-state index < -0.39 is 0 Å². The summed E-state index contributed by atoms with van der Waals surface area (Å²) in [6.07, 6.45) is 7.74. The topological polar surface area (TPSA) is 41.5 Å². The Bertz CT molecular complexity index is 482. The zero-order valence-corrected chi connectivity index (χ0v) is 13.9. The molecular weight excluding hydrogens is 276 g/mol. The molecule has 0 aliphatic carbocycles. The Labute approximate surface area is 133 Å². The van der Waals surface area contributed by atoms with Crippen LogP contribution in [0, 0.1) is 6.92 Å². The molecule has 2 aliphatic rings. The Kier molecular flexibility index (Phi) is 5.13. The highest BCUT2D eigenvalue weighted by Gasteiger charge is 2.18. The van der Waals surface area contributed by atoms with Crippen molar-refractivity contribution in [2.45, 2.75) is 51.6 Å². The maximum Gasteiger partial charge on any atom is 0.227 e. The minimum absolute atomic E-state index is 0.428. The average Bonchev–Trinajstić information content (AvgIpc) is 3.07. The van der Waals surface area contributed by atoms with Crippen molar-refractivity contribution < 1.29 is 4.74 Å². The molecule has 5 nitrogen and oxygen atoms in total. The molecule has 1 unspecified atom stereocenters. The quantitative estimate of drug-likeness (QED) is 0.836. The Hall–Kier alpha value is -1.36. The molecule has 3 rings (SSSR count). The van der Waals surface area contributed by atoms with Gasteiger partial charge in [0.1, 0.15) is 5.82 Å². The standard InChI is InChI=1S/C17H28N4O/c1-14-13-16(19-17(18-14)21-9-4-5-10-21)20(2)11-8-15-7-3-6-12-22-15/h13,15H,3-12H2,1-2H3. The minimum Gasteiger partial charge on any atom is -0.378 e. The third-order valence-corrected chi connectivity index (χ3v) is 4.67. The van der Waals surface area contributed by atoms with Crippen molar-refractivity contribution in [2.75, 3.05) is 43.1 Å². The first kappa shape index (κ1) is 15.5. The monoisotopic (exact) mass is 304 g/mol. The summed E-state index contributed by atoms with van der Waals surface area (Å²) < 4.78 is 5.83. The minimum atomic E-state index is 0.428. The van der Waals surface area contributed by atoms with E-state index >= 15 is 0 Å². The van der Waals surface area contributed by atoms with Gasteiger partial charge in [0.2, 0.25) is 5.95 Å². The fourth-order valence-electron chi connectivity index (χ4n) is 3.28. The Morgan fingerprint density at radius 1 is 1.23 bits per heavy atom. The van der Waals surface area contributed by atoms with Gasteiger partial charge >= 0.3 is 0 Å². The second-order valence-corrected chi connectivity index (χ2v) is 6.56. The van der Waals surface area contributed by atoms with Crippen molar-refractivity contribution in [1.82, 2.24) is 9.97 Å². The molecule has 1 atom stereocenters. The molecule has 2 saturated heterocycles. The van der Waals surface area contributed by atoms with Gasteiger partial charge in [-0.25, -0.2) is 4.98 Å². The van der Waals surface area contributed by atoms with Crippen molar-refractivity contribution in [3.05, 3.63) is 11.8 Å². The van der Waals surface area contributed by atoms with Gasteiger partial charge in [-0.15, -0.1) is 0 Å². The van der Waals surface area contributed by atoms with Gasteiger partial charge in [-0.2, -0.15) is 4.98 Å². The fourth-order valence-corrected chi connectivity index (χ4v) is 3.28. The Morgan fingerprint density at radius 3 is 2.77 bits per heavy atom. The lowest BCUT2D eigenvalue weighted by Gasteiger charge is -2.26. The number of hydrogen-bond donors (Lipinski definition) is 0. The van der Waals surface area contributed by atoms with Crippen LogP contribution >= 0.6 is 0 Å². The van der Waals surface area contributed by atoms with E-state index in [2.05, 4.69) is 34.8 Å². The van der Waals surface area contributed by atoms with Crippen LogP contribution in [0.1, 0.15) is 44.2 Å². The van der Waals surface area contributed by atoms with Gasteiger partial charge in [-0.1, -0.05) is 0 Å². The van der Waals surface area contributed by atoms with Gasteiger partial charge in [0, 0.05) is 45.0 Å². The number of aromatic nitrogens is 2. The zero-order chi connectivity index (χ0) is 15.4. The SMILES string of the molecule is Cc1cc(N(C)CCC2CCCCO2)nc(N2CCCC2)n1. The van der Waals surface area contributed by atoms with E-state index in [-0.39, 0.29) is 0 Å². The first-order valence-electron chi connectivity index (χ1n) is 8.66. The summed E-state index contributed by atoms with van der Waals surface area (Å²) in [4.78, 5) is 13.9. The maximum absolute atomic E-state index is 5.83. The molecule has 0 saturated carbocycles. The van der Waals surface area contributed by atoms with E-state index in [1.807, 2.05) is 0 Å². The van der Waals surface area contributed by atoms with Crippen LogP contribution in [0.5, 0.6) is 0 Å². The van der Waals surface area contributed by atoms with Gasteiger partial charge < -0.3 is 14.5 Å². The normalized spacial score (nSPS) is 22.1. The molecule has 22 heavy (non-hydrogen) atoms. The number of hydrogen-bond acceptors (Lipinski definition) is 5. The molecule has 122 valence electrons. The molecular formula is C17H28N4O. The highest BCUT2D eigenvalue weighted by Crippen LogP contribution is 2.21. The van der Waals surface area contributed by atoms with E-state index in [0.29, 0.717) is 6.10 Å². The van der Waals surface area contributed by atoms with E-state index in [1.54, 1.807) is 0 Å². The lowest BCUT2D eigenvalue weighted by atomic mass is 10.1. The lowest BCUT2D eigenvalue weighted by Crippen LogP contribution is -2.28. The predicted octanol–water partition coefficient (Wildman–Crippen LogP) is 2.78. The van der Waals surface area contributed by atoms with E-state index in [1.165, 1.54) is 32.1 Å². The molecule has 2 fully saturated rings.